The predicted octanol–water partition coefficient (Wildman–Crippen LogP) is 1.87. The number of nitrogens with zero attached hydrogens (tertiary/aromatic N) is 2. The molecule has 110 valence electrons. The van der Waals surface area contributed by atoms with Crippen LogP contribution >= 0.6 is 11.3 Å². The van der Waals surface area contributed by atoms with Crippen molar-refractivity contribution in [3.05, 3.63) is 24.2 Å². The SMILES string of the molecule is C=CCCC(O)CN1CCCC1C(=O)Nc1nccs1. The predicted molar refractivity (Wildman–Crippen MR) is 80.8 cm³/mol. The highest BCUT2D eigenvalue weighted by molar-refractivity contribution is 7.13. The van der Waals surface area contributed by atoms with Crippen LogP contribution in [-0.4, -0.2) is 46.1 Å². The number of allylic oxidation sites excluding steroid dienone is 1. The van der Waals surface area contributed by atoms with E-state index >= 15 is 0 Å². The quantitative estimate of drug-likeness (QED) is 0.754. The number of amides is 1. The van der Waals surface area contributed by atoms with Gasteiger partial charge in [0.2, 0.25) is 5.91 Å². The average Bonchev–Trinajstić information content (AvgIpc) is 3.07. The van der Waals surface area contributed by atoms with Crippen LogP contribution in [0.25, 0.3) is 0 Å². The van der Waals surface area contributed by atoms with Gasteiger partial charge in [0, 0.05) is 18.1 Å². The molecule has 1 saturated heterocycles. The van der Waals surface area contributed by atoms with Crippen molar-refractivity contribution >= 4 is 22.4 Å². The van der Waals surface area contributed by atoms with Crippen molar-refractivity contribution in [3.63, 3.8) is 0 Å². The van der Waals surface area contributed by atoms with E-state index in [-0.39, 0.29) is 11.9 Å². The number of carbonyl (C=O) groups is 1. The van der Waals surface area contributed by atoms with E-state index < -0.39 is 6.10 Å². The largest absolute Gasteiger partial charge is 0.392 e. The molecule has 2 rings (SSSR count). The zero-order valence-electron chi connectivity index (χ0n) is 11.5. The molecule has 1 aromatic heterocycles. The summed E-state index contributed by atoms with van der Waals surface area (Å²) < 4.78 is 0. The fourth-order valence-corrected chi connectivity index (χ4v) is 3.02. The van der Waals surface area contributed by atoms with Gasteiger partial charge in [-0.15, -0.1) is 17.9 Å². The fraction of sp³-hybridized carbons (Fsp3) is 0.571. The molecule has 0 aromatic carbocycles. The van der Waals surface area contributed by atoms with E-state index in [9.17, 15) is 9.90 Å². The monoisotopic (exact) mass is 295 g/mol. The van der Waals surface area contributed by atoms with Crippen LogP contribution in [0, 0.1) is 0 Å². The van der Waals surface area contributed by atoms with Gasteiger partial charge in [0.1, 0.15) is 0 Å². The molecule has 2 unspecified atom stereocenters. The van der Waals surface area contributed by atoms with Crippen LogP contribution in [0.3, 0.4) is 0 Å². The Balaban J connectivity index is 1.86. The topological polar surface area (TPSA) is 65.5 Å². The number of likely N-dealkylation sites (tertiary alicyclic amines) is 1. The highest BCUT2D eigenvalue weighted by Gasteiger charge is 2.31. The minimum Gasteiger partial charge on any atom is -0.392 e. The standard InChI is InChI=1S/C14H21N3O2S/c1-2-3-5-11(18)10-17-8-4-6-12(17)13(19)16-14-15-7-9-20-14/h2,7,9,11-12,18H,1,3-6,8,10H2,(H,15,16,19). The second-order valence-corrected chi connectivity index (χ2v) is 5.89. The normalized spacial score (nSPS) is 20.8. The molecule has 2 heterocycles. The summed E-state index contributed by atoms with van der Waals surface area (Å²) in [5, 5.41) is 15.3. The number of aliphatic hydroxyl groups is 1. The molecular formula is C14H21N3O2S. The van der Waals surface area contributed by atoms with Gasteiger partial charge in [0.15, 0.2) is 5.13 Å². The number of anilines is 1. The van der Waals surface area contributed by atoms with Gasteiger partial charge in [-0.1, -0.05) is 6.08 Å². The van der Waals surface area contributed by atoms with Crippen molar-refractivity contribution in [2.24, 2.45) is 0 Å². The van der Waals surface area contributed by atoms with Crippen LogP contribution in [0.4, 0.5) is 5.13 Å². The molecule has 2 N–H and O–H groups in total. The molecule has 6 heteroatoms. The lowest BCUT2D eigenvalue weighted by atomic mass is 10.1. The van der Waals surface area contributed by atoms with Gasteiger partial charge in [0.05, 0.1) is 12.1 Å². The highest BCUT2D eigenvalue weighted by Crippen LogP contribution is 2.20. The minimum absolute atomic E-state index is 0.0200. The number of nitrogens with one attached hydrogen (secondary N) is 1. The summed E-state index contributed by atoms with van der Waals surface area (Å²) in [6.45, 7) is 5.06. The van der Waals surface area contributed by atoms with Crippen LogP contribution in [0.1, 0.15) is 25.7 Å². The Morgan fingerprint density at radius 1 is 1.75 bits per heavy atom. The molecule has 0 spiro atoms. The van der Waals surface area contributed by atoms with Crippen molar-refractivity contribution in [3.8, 4) is 0 Å². The van der Waals surface area contributed by atoms with Gasteiger partial charge in [-0.05, 0) is 32.2 Å². The zero-order valence-corrected chi connectivity index (χ0v) is 12.3. The van der Waals surface area contributed by atoms with Crippen molar-refractivity contribution in [2.45, 2.75) is 37.8 Å². The first-order valence-electron chi connectivity index (χ1n) is 6.94. The fourth-order valence-electron chi connectivity index (χ4n) is 2.49. The van der Waals surface area contributed by atoms with Gasteiger partial charge in [0.25, 0.3) is 0 Å². The van der Waals surface area contributed by atoms with Crippen molar-refractivity contribution in [1.29, 1.82) is 0 Å². The second kappa shape index (κ2) is 7.52. The summed E-state index contributed by atoms with van der Waals surface area (Å²) in [5.74, 6) is -0.0200. The van der Waals surface area contributed by atoms with Gasteiger partial charge in [-0.3, -0.25) is 9.69 Å². The molecule has 0 radical (unpaired) electrons. The van der Waals surface area contributed by atoms with E-state index in [2.05, 4.69) is 21.8 Å². The smallest absolute Gasteiger partial charge is 0.243 e. The van der Waals surface area contributed by atoms with E-state index in [0.29, 0.717) is 18.1 Å². The van der Waals surface area contributed by atoms with E-state index in [4.69, 9.17) is 0 Å². The van der Waals surface area contributed by atoms with Gasteiger partial charge in [-0.25, -0.2) is 4.98 Å². The third-order valence-corrected chi connectivity index (χ3v) is 4.17. The van der Waals surface area contributed by atoms with E-state index in [0.717, 1.165) is 25.8 Å². The average molecular weight is 295 g/mol. The number of hydrogen-bond donors (Lipinski definition) is 2. The first-order valence-corrected chi connectivity index (χ1v) is 7.82. The van der Waals surface area contributed by atoms with Crippen LogP contribution in [0.2, 0.25) is 0 Å². The summed E-state index contributed by atoms with van der Waals surface area (Å²) in [6.07, 6.45) is 6.40. The Bertz CT molecular complexity index is 436. The molecule has 5 nitrogen and oxygen atoms in total. The van der Waals surface area contributed by atoms with Gasteiger partial charge >= 0.3 is 0 Å². The van der Waals surface area contributed by atoms with Gasteiger partial charge in [-0.2, -0.15) is 0 Å². The summed E-state index contributed by atoms with van der Waals surface area (Å²) >= 11 is 1.41. The molecule has 1 aliphatic heterocycles. The maximum absolute atomic E-state index is 12.2. The number of carbonyl (C=O) groups excluding carboxylic acids is 1. The summed E-state index contributed by atoms with van der Waals surface area (Å²) in [6, 6.07) is -0.155. The third-order valence-electron chi connectivity index (χ3n) is 3.48. The van der Waals surface area contributed by atoms with Crippen LogP contribution in [-0.2, 0) is 4.79 Å². The Kier molecular flexibility index (Phi) is 5.70. The number of thiazole rings is 1. The zero-order chi connectivity index (χ0) is 14.4. The summed E-state index contributed by atoms with van der Waals surface area (Å²) in [4.78, 5) is 18.4. The maximum Gasteiger partial charge on any atom is 0.243 e. The molecule has 0 saturated carbocycles. The van der Waals surface area contributed by atoms with E-state index in [1.807, 2.05) is 5.38 Å². The highest BCUT2D eigenvalue weighted by atomic mass is 32.1. The molecule has 1 aromatic rings. The molecule has 2 atom stereocenters. The first kappa shape index (κ1) is 15.2. The molecule has 0 aliphatic carbocycles. The van der Waals surface area contributed by atoms with E-state index in [1.165, 1.54) is 11.3 Å². The lowest BCUT2D eigenvalue weighted by molar-refractivity contribution is -0.120. The van der Waals surface area contributed by atoms with Crippen LogP contribution in [0.15, 0.2) is 24.2 Å². The van der Waals surface area contributed by atoms with Crippen LogP contribution in [0.5, 0.6) is 0 Å². The summed E-state index contributed by atoms with van der Waals surface area (Å²) in [5.41, 5.74) is 0. The minimum atomic E-state index is -0.402. The van der Waals surface area contributed by atoms with Crippen molar-refractivity contribution < 1.29 is 9.90 Å². The molecule has 0 bridgehead atoms. The number of rotatable bonds is 7. The molecule has 1 amide bonds. The lowest BCUT2D eigenvalue weighted by Crippen LogP contribution is -2.43. The number of aliphatic hydroxyl groups excluding tert-OH is 1. The Labute approximate surface area is 123 Å². The third kappa shape index (κ3) is 4.13. The van der Waals surface area contributed by atoms with Crippen molar-refractivity contribution in [2.75, 3.05) is 18.4 Å². The Morgan fingerprint density at radius 2 is 2.60 bits per heavy atom. The Hall–Kier alpha value is -1.24. The molecular weight excluding hydrogens is 274 g/mol. The second-order valence-electron chi connectivity index (χ2n) is 5.00. The number of β-amino-alcohol motifs (C(OH)–C–C–N with tert-alkyl or cyclic N) is 1. The summed E-state index contributed by atoms with van der Waals surface area (Å²) in [7, 11) is 0. The van der Waals surface area contributed by atoms with Gasteiger partial charge < -0.3 is 10.4 Å². The van der Waals surface area contributed by atoms with Crippen molar-refractivity contribution in [1.82, 2.24) is 9.88 Å². The lowest BCUT2D eigenvalue weighted by Gasteiger charge is -2.25. The Morgan fingerprint density at radius 3 is 3.30 bits per heavy atom. The van der Waals surface area contributed by atoms with E-state index in [1.54, 1.807) is 12.3 Å². The molecule has 20 heavy (non-hydrogen) atoms. The molecule has 1 aliphatic rings. The molecule has 1 fully saturated rings. The number of aromatic nitrogens is 1. The number of hydrogen-bond acceptors (Lipinski definition) is 5. The van der Waals surface area contributed by atoms with Crippen LogP contribution < -0.4 is 5.32 Å². The maximum atomic E-state index is 12.2. The first-order chi connectivity index (χ1) is 9.70.